The number of nitrogens with one attached hydrogen (secondary N) is 1. The number of oxazole rings is 1. The Labute approximate surface area is 140 Å². The number of fused-ring (bicyclic) bond motifs is 1. The Bertz CT molecular complexity index is 1020. The van der Waals surface area contributed by atoms with Gasteiger partial charge in [0.25, 0.3) is 5.69 Å². The molecule has 0 spiro atoms. The summed E-state index contributed by atoms with van der Waals surface area (Å²) in [6.45, 7) is -0.356. The summed E-state index contributed by atoms with van der Waals surface area (Å²) in [5, 5.41) is 13.5. The molecule has 128 valence electrons. The van der Waals surface area contributed by atoms with Crippen LogP contribution in [0.3, 0.4) is 0 Å². The Morgan fingerprint density at radius 2 is 2.08 bits per heavy atom. The fraction of sp³-hybridized carbons (Fsp3) is 0.125. The second-order valence-corrected chi connectivity index (χ2v) is 5.11. The van der Waals surface area contributed by atoms with E-state index in [1.807, 2.05) is 0 Å². The van der Waals surface area contributed by atoms with Crippen LogP contribution in [0.4, 0.5) is 11.4 Å². The van der Waals surface area contributed by atoms with Gasteiger partial charge in [-0.25, -0.2) is 4.79 Å². The van der Waals surface area contributed by atoms with E-state index in [0.717, 1.165) is 4.57 Å². The number of hydrogen-bond donors (Lipinski definition) is 1. The van der Waals surface area contributed by atoms with Gasteiger partial charge in [-0.1, -0.05) is 12.1 Å². The van der Waals surface area contributed by atoms with Gasteiger partial charge >= 0.3 is 5.76 Å². The predicted octanol–water partition coefficient (Wildman–Crippen LogP) is 2.15. The number of hydrogen-bond acceptors (Lipinski definition) is 6. The molecule has 0 aliphatic heterocycles. The zero-order valence-electron chi connectivity index (χ0n) is 13.1. The summed E-state index contributed by atoms with van der Waals surface area (Å²) in [6, 6.07) is 10.5. The van der Waals surface area contributed by atoms with Crippen molar-refractivity contribution in [3.63, 3.8) is 0 Å². The number of nitro benzene ring substituents is 1. The molecule has 25 heavy (non-hydrogen) atoms. The normalized spacial score (nSPS) is 10.6. The van der Waals surface area contributed by atoms with Gasteiger partial charge in [-0.2, -0.15) is 0 Å². The van der Waals surface area contributed by atoms with Crippen molar-refractivity contribution in [2.75, 3.05) is 12.4 Å². The first-order chi connectivity index (χ1) is 12.0. The fourth-order valence-corrected chi connectivity index (χ4v) is 2.40. The molecule has 0 bridgehead atoms. The monoisotopic (exact) mass is 343 g/mol. The van der Waals surface area contributed by atoms with Crippen molar-refractivity contribution >= 4 is 28.4 Å². The summed E-state index contributed by atoms with van der Waals surface area (Å²) >= 11 is 0. The van der Waals surface area contributed by atoms with Crippen molar-refractivity contribution in [1.29, 1.82) is 0 Å². The lowest BCUT2D eigenvalue weighted by Gasteiger charge is -2.09. The molecule has 0 radical (unpaired) electrons. The van der Waals surface area contributed by atoms with Crippen LogP contribution in [-0.4, -0.2) is 22.5 Å². The van der Waals surface area contributed by atoms with Gasteiger partial charge in [0.05, 0.1) is 23.2 Å². The molecule has 1 aromatic heterocycles. The van der Waals surface area contributed by atoms with E-state index < -0.39 is 16.6 Å². The first-order valence-electron chi connectivity index (χ1n) is 7.20. The zero-order valence-corrected chi connectivity index (χ0v) is 13.1. The van der Waals surface area contributed by atoms with Crippen LogP contribution >= 0.6 is 0 Å². The number of carbonyl (C=O) groups excluding carboxylic acids is 1. The van der Waals surface area contributed by atoms with Crippen molar-refractivity contribution < 1.29 is 18.9 Å². The molecule has 0 aliphatic carbocycles. The molecule has 2 aromatic carbocycles. The van der Waals surface area contributed by atoms with E-state index in [4.69, 9.17) is 9.15 Å². The molecular formula is C16H13N3O6. The van der Waals surface area contributed by atoms with Gasteiger partial charge in [0.2, 0.25) is 5.91 Å². The molecule has 0 aliphatic rings. The number of amides is 1. The third-order valence-corrected chi connectivity index (χ3v) is 3.54. The number of rotatable bonds is 5. The summed E-state index contributed by atoms with van der Waals surface area (Å²) in [5.41, 5.74) is 0.587. The Kier molecular flexibility index (Phi) is 4.21. The smallest absolute Gasteiger partial charge is 0.420 e. The van der Waals surface area contributed by atoms with Crippen LogP contribution in [0.5, 0.6) is 5.75 Å². The standard InChI is InChI=1S/C16H13N3O6/c1-24-13-5-3-2-4-11(13)17-15(20)9-18-12-8-10(19(22)23)6-7-14(12)25-16(18)21/h2-8H,9H2,1H3,(H,17,20). The topological polar surface area (TPSA) is 117 Å². The molecule has 0 atom stereocenters. The minimum Gasteiger partial charge on any atom is -0.495 e. The van der Waals surface area contributed by atoms with Gasteiger partial charge in [-0.05, 0) is 18.2 Å². The molecule has 1 heterocycles. The maximum absolute atomic E-state index is 12.3. The number of non-ortho nitro benzene ring substituents is 1. The zero-order chi connectivity index (χ0) is 18.0. The van der Waals surface area contributed by atoms with Crippen LogP contribution in [-0.2, 0) is 11.3 Å². The molecule has 3 aromatic rings. The van der Waals surface area contributed by atoms with E-state index >= 15 is 0 Å². The number of carbonyl (C=O) groups is 1. The van der Waals surface area contributed by atoms with Gasteiger partial charge in [0, 0.05) is 12.1 Å². The summed E-state index contributed by atoms with van der Waals surface area (Å²) < 4.78 is 11.2. The minimum atomic E-state index is -0.773. The molecule has 9 heteroatoms. The molecule has 3 rings (SSSR count). The molecular weight excluding hydrogens is 330 g/mol. The van der Waals surface area contributed by atoms with Crippen molar-refractivity contribution in [2.24, 2.45) is 0 Å². The number of para-hydroxylation sites is 2. The SMILES string of the molecule is COc1ccccc1NC(=O)Cn1c(=O)oc2ccc([N+](=O)[O-])cc21. The van der Waals surface area contributed by atoms with E-state index in [1.54, 1.807) is 24.3 Å². The van der Waals surface area contributed by atoms with Gasteiger partial charge in [-0.3, -0.25) is 19.5 Å². The van der Waals surface area contributed by atoms with E-state index in [2.05, 4.69) is 5.32 Å². The number of anilines is 1. The van der Waals surface area contributed by atoms with E-state index in [-0.39, 0.29) is 23.3 Å². The molecule has 0 unspecified atom stereocenters. The Morgan fingerprint density at radius 1 is 1.32 bits per heavy atom. The van der Waals surface area contributed by atoms with Gasteiger partial charge in [0.15, 0.2) is 5.58 Å². The van der Waals surface area contributed by atoms with Crippen molar-refractivity contribution in [2.45, 2.75) is 6.54 Å². The number of aromatic nitrogens is 1. The van der Waals surface area contributed by atoms with Crippen LogP contribution in [0.15, 0.2) is 51.7 Å². The van der Waals surface area contributed by atoms with Crippen LogP contribution < -0.4 is 15.8 Å². The van der Waals surface area contributed by atoms with Crippen LogP contribution in [0.25, 0.3) is 11.1 Å². The average Bonchev–Trinajstić information content (AvgIpc) is 2.90. The Balaban J connectivity index is 1.90. The van der Waals surface area contributed by atoms with E-state index in [0.29, 0.717) is 11.4 Å². The molecule has 0 saturated carbocycles. The largest absolute Gasteiger partial charge is 0.495 e. The van der Waals surface area contributed by atoms with Crippen LogP contribution in [0, 0.1) is 10.1 Å². The fourth-order valence-electron chi connectivity index (χ4n) is 2.40. The Hall–Kier alpha value is -3.62. The van der Waals surface area contributed by atoms with Crippen LogP contribution in [0.1, 0.15) is 0 Å². The maximum atomic E-state index is 12.3. The Morgan fingerprint density at radius 3 is 2.80 bits per heavy atom. The second-order valence-electron chi connectivity index (χ2n) is 5.11. The predicted molar refractivity (Wildman–Crippen MR) is 88.8 cm³/mol. The van der Waals surface area contributed by atoms with Gasteiger partial charge < -0.3 is 14.5 Å². The molecule has 1 N–H and O–H groups in total. The molecule has 1 amide bonds. The third-order valence-electron chi connectivity index (χ3n) is 3.54. The molecule has 0 fully saturated rings. The highest BCUT2D eigenvalue weighted by Crippen LogP contribution is 2.23. The summed E-state index contributed by atoms with van der Waals surface area (Å²) in [5.74, 6) is -0.803. The first-order valence-corrected chi connectivity index (χ1v) is 7.20. The minimum absolute atomic E-state index is 0.167. The summed E-state index contributed by atoms with van der Waals surface area (Å²) in [6.07, 6.45) is 0. The maximum Gasteiger partial charge on any atom is 0.420 e. The highest BCUT2D eigenvalue weighted by Gasteiger charge is 2.17. The number of benzene rings is 2. The summed E-state index contributed by atoms with van der Waals surface area (Å²) in [7, 11) is 1.47. The first kappa shape index (κ1) is 16.2. The van der Waals surface area contributed by atoms with Gasteiger partial charge in [0.1, 0.15) is 12.3 Å². The number of ether oxygens (including phenoxy) is 1. The third kappa shape index (κ3) is 3.20. The number of nitrogens with zero attached hydrogens (tertiary/aromatic N) is 2. The molecule has 0 saturated heterocycles. The second kappa shape index (κ2) is 6.48. The van der Waals surface area contributed by atoms with Crippen molar-refractivity contribution in [1.82, 2.24) is 4.57 Å². The summed E-state index contributed by atoms with van der Waals surface area (Å²) in [4.78, 5) is 34.5. The number of nitro groups is 1. The van der Waals surface area contributed by atoms with E-state index in [9.17, 15) is 19.7 Å². The highest BCUT2D eigenvalue weighted by atomic mass is 16.6. The highest BCUT2D eigenvalue weighted by molar-refractivity contribution is 5.93. The lowest BCUT2D eigenvalue weighted by Crippen LogP contribution is -2.25. The lowest BCUT2D eigenvalue weighted by atomic mass is 10.3. The quantitative estimate of drug-likeness (QED) is 0.560. The average molecular weight is 343 g/mol. The van der Waals surface area contributed by atoms with Crippen molar-refractivity contribution in [3.05, 3.63) is 63.1 Å². The number of methoxy groups -OCH3 is 1. The van der Waals surface area contributed by atoms with E-state index in [1.165, 1.54) is 25.3 Å². The lowest BCUT2D eigenvalue weighted by molar-refractivity contribution is -0.384. The van der Waals surface area contributed by atoms with Gasteiger partial charge in [-0.15, -0.1) is 0 Å². The van der Waals surface area contributed by atoms with Crippen LogP contribution in [0.2, 0.25) is 0 Å². The van der Waals surface area contributed by atoms with Crippen molar-refractivity contribution in [3.8, 4) is 5.75 Å². The molecule has 9 nitrogen and oxygen atoms in total.